The maximum atomic E-state index is 12.3. The molecule has 1 saturated heterocycles. The molecule has 0 saturated carbocycles. The molecule has 1 aromatic carbocycles. The molecule has 1 heterocycles. The standard InChI is InChI=1S/C16H18N2O2/c1-12-10-20-11-13(2)18(12)16(19)7-6-14-4-3-5-15(8-14)9-17/h3-8,12-13H,10-11H2,1-2H3/b7-6-/t12-,13+. The molecular formula is C16H18N2O2. The highest BCUT2D eigenvalue weighted by atomic mass is 16.5. The molecule has 2 atom stereocenters. The molecule has 1 amide bonds. The highest BCUT2D eigenvalue weighted by molar-refractivity contribution is 5.92. The SMILES string of the molecule is C[C@@H]1COC[C@H](C)N1C(=O)/C=C\c1cccc(C#N)c1. The van der Waals surface area contributed by atoms with E-state index in [0.29, 0.717) is 18.8 Å². The summed E-state index contributed by atoms with van der Waals surface area (Å²) in [7, 11) is 0. The lowest BCUT2D eigenvalue weighted by molar-refractivity contribution is -0.138. The monoisotopic (exact) mass is 270 g/mol. The molecule has 4 nitrogen and oxygen atoms in total. The van der Waals surface area contributed by atoms with Crippen LogP contribution in [0.5, 0.6) is 0 Å². The first-order valence-electron chi connectivity index (χ1n) is 6.70. The molecule has 2 rings (SSSR count). The van der Waals surface area contributed by atoms with Crippen LogP contribution in [0.25, 0.3) is 6.08 Å². The fourth-order valence-corrected chi connectivity index (χ4v) is 2.40. The summed E-state index contributed by atoms with van der Waals surface area (Å²) in [5.74, 6) is -0.0179. The third kappa shape index (κ3) is 3.25. The van der Waals surface area contributed by atoms with Crippen LogP contribution in [0.1, 0.15) is 25.0 Å². The molecular weight excluding hydrogens is 252 g/mol. The first-order valence-corrected chi connectivity index (χ1v) is 6.70. The predicted molar refractivity (Wildman–Crippen MR) is 76.8 cm³/mol. The fraction of sp³-hybridized carbons (Fsp3) is 0.375. The van der Waals surface area contributed by atoms with Gasteiger partial charge in [-0.15, -0.1) is 0 Å². The summed E-state index contributed by atoms with van der Waals surface area (Å²) < 4.78 is 5.41. The highest BCUT2D eigenvalue weighted by Gasteiger charge is 2.28. The lowest BCUT2D eigenvalue weighted by Crippen LogP contribution is -2.51. The highest BCUT2D eigenvalue weighted by Crippen LogP contribution is 2.14. The van der Waals surface area contributed by atoms with Crippen LogP contribution in [-0.4, -0.2) is 36.1 Å². The average molecular weight is 270 g/mol. The molecule has 104 valence electrons. The Kier molecular flexibility index (Phi) is 4.54. The van der Waals surface area contributed by atoms with E-state index >= 15 is 0 Å². The minimum atomic E-state index is -0.0179. The zero-order chi connectivity index (χ0) is 14.5. The van der Waals surface area contributed by atoms with Gasteiger partial charge in [-0.25, -0.2) is 0 Å². The molecule has 0 unspecified atom stereocenters. The number of hydrogen-bond acceptors (Lipinski definition) is 3. The summed E-state index contributed by atoms with van der Waals surface area (Å²) in [5.41, 5.74) is 1.44. The minimum absolute atomic E-state index is 0.0179. The van der Waals surface area contributed by atoms with Crippen LogP contribution in [0.15, 0.2) is 30.3 Å². The van der Waals surface area contributed by atoms with Gasteiger partial charge in [0, 0.05) is 6.08 Å². The molecule has 1 aromatic rings. The Morgan fingerprint density at radius 1 is 1.40 bits per heavy atom. The van der Waals surface area contributed by atoms with Crippen molar-refractivity contribution in [1.29, 1.82) is 5.26 Å². The number of carbonyl (C=O) groups excluding carboxylic acids is 1. The molecule has 1 aliphatic rings. The third-order valence-corrected chi connectivity index (χ3v) is 3.36. The van der Waals surface area contributed by atoms with E-state index in [4.69, 9.17) is 10.00 Å². The number of carbonyl (C=O) groups is 1. The maximum Gasteiger partial charge on any atom is 0.247 e. The van der Waals surface area contributed by atoms with Gasteiger partial charge in [-0.1, -0.05) is 12.1 Å². The smallest absolute Gasteiger partial charge is 0.247 e. The van der Waals surface area contributed by atoms with Crippen LogP contribution in [0.3, 0.4) is 0 Å². The van der Waals surface area contributed by atoms with Crippen LogP contribution >= 0.6 is 0 Å². The molecule has 0 radical (unpaired) electrons. The van der Waals surface area contributed by atoms with Crippen molar-refractivity contribution in [3.05, 3.63) is 41.5 Å². The molecule has 1 fully saturated rings. The van der Waals surface area contributed by atoms with Gasteiger partial charge >= 0.3 is 0 Å². The Hall–Kier alpha value is -2.12. The summed E-state index contributed by atoms with van der Waals surface area (Å²) in [4.78, 5) is 14.1. The van der Waals surface area contributed by atoms with Crippen molar-refractivity contribution in [2.24, 2.45) is 0 Å². The van der Waals surface area contributed by atoms with Crippen LogP contribution in [0.2, 0.25) is 0 Å². The molecule has 0 N–H and O–H groups in total. The number of morpholine rings is 1. The second-order valence-corrected chi connectivity index (χ2v) is 5.05. The van der Waals surface area contributed by atoms with Crippen molar-refractivity contribution < 1.29 is 9.53 Å². The molecule has 1 aliphatic heterocycles. The largest absolute Gasteiger partial charge is 0.377 e. The number of benzene rings is 1. The number of amides is 1. The molecule has 4 heteroatoms. The van der Waals surface area contributed by atoms with E-state index in [2.05, 4.69) is 6.07 Å². The summed E-state index contributed by atoms with van der Waals surface area (Å²) in [6, 6.07) is 9.44. The van der Waals surface area contributed by atoms with E-state index in [1.807, 2.05) is 30.9 Å². The van der Waals surface area contributed by atoms with Gasteiger partial charge in [0.2, 0.25) is 5.91 Å². The summed E-state index contributed by atoms with van der Waals surface area (Å²) in [5, 5.41) is 8.85. The van der Waals surface area contributed by atoms with E-state index in [9.17, 15) is 4.79 Å². The van der Waals surface area contributed by atoms with Crippen LogP contribution in [0.4, 0.5) is 0 Å². The Morgan fingerprint density at radius 2 is 2.10 bits per heavy atom. The quantitative estimate of drug-likeness (QED) is 0.774. The van der Waals surface area contributed by atoms with Crippen molar-refractivity contribution in [2.75, 3.05) is 13.2 Å². The minimum Gasteiger partial charge on any atom is -0.377 e. The number of nitrogens with zero attached hydrogens (tertiary/aromatic N) is 2. The van der Waals surface area contributed by atoms with Crippen molar-refractivity contribution >= 4 is 12.0 Å². The number of nitriles is 1. The van der Waals surface area contributed by atoms with Crippen molar-refractivity contribution in [1.82, 2.24) is 4.90 Å². The summed E-state index contributed by atoms with van der Waals surface area (Å²) in [6.45, 7) is 5.12. The molecule has 0 bridgehead atoms. The topological polar surface area (TPSA) is 53.3 Å². The Labute approximate surface area is 119 Å². The number of hydrogen-bond donors (Lipinski definition) is 0. The molecule has 0 aliphatic carbocycles. The van der Waals surface area contributed by atoms with Gasteiger partial charge in [-0.3, -0.25) is 4.79 Å². The van der Waals surface area contributed by atoms with Crippen LogP contribution in [0, 0.1) is 11.3 Å². The first-order chi connectivity index (χ1) is 9.61. The summed E-state index contributed by atoms with van der Waals surface area (Å²) >= 11 is 0. The Balaban J connectivity index is 2.10. The molecule has 20 heavy (non-hydrogen) atoms. The van der Waals surface area contributed by atoms with Gasteiger partial charge in [0.1, 0.15) is 0 Å². The lowest BCUT2D eigenvalue weighted by Gasteiger charge is -2.38. The number of rotatable bonds is 2. The second-order valence-electron chi connectivity index (χ2n) is 5.05. The van der Waals surface area contributed by atoms with Gasteiger partial charge in [-0.05, 0) is 37.6 Å². The van der Waals surface area contributed by atoms with Crippen molar-refractivity contribution in [2.45, 2.75) is 25.9 Å². The molecule has 0 aromatic heterocycles. The van der Waals surface area contributed by atoms with Crippen LogP contribution in [-0.2, 0) is 9.53 Å². The normalized spacial score (nSPS) is 22.8. The average Bonchev–Trinajstić information content (AvgIpc) is 2.45. The van der Waals surface area contributed by atoms with E-state index in [1.54, 1.807) is 24.3 Å². The van der Waals surface area contributed by atoms with Crippen molar-refractivity contribution in [3.8, 4) is 6.07 Å². The van der Waals surface area contributed by atoms with Gasteiger partial charge in [0.25, 0.3) is 0 Å². The van der Waals surface area contributed by atoms with E-state index < -0.39 is 0 Å². The number of ether oxygens (including phenoxy) is 1. The third-order valence-electron chi connectivity index (χ3n) is 3.36. The van der Waals surface area contributed by atoms with Gasteiger partial charge < -0.3 is 9.64 Å². The zero-order valence-corrected chi connectivity index (χ0v) is 11.7. The predicted octanol–water partition coefficient (Wildman–Crippen LogP) is 2.21. The lowest BCUT2D eigenvalue weighted by atomic mass is 10.1. The second kappa shape index (κ2) is 6.36. The Bertz CT molecular complexity index is 550. The van der Waals surface area contributed by atoms with Crippen LogP contribution < -0.4 is 0 Å². The Morgan fingerprint density at radius 3 is 2.75 bits per heavy atom. The first kappa shape index (κ1) is 14.3. The maximum absolute atomic E-state index is 12.3. The van der Waals surface area contributed by atoms with E-state index in [-0.39, 0.29) is 18.0 Å². The van der Waals surface area contributed by atoms with Gasteiger partial charge in [0.05, 0.1) is 36.9 Å². The zero-order valence-electron chi connectivity index (χ0n) is 11.7. The van der Waals surface area contributed by atoms with E-state index in [0.717, 1.165) is 5.56 Å². The molecule has 0 spiro atoms. The van der Waals surface area contributed by atoms with E-state index in [1.165, 1.54) is 0 Å². The van der Waals surface area contributed by atoms with Gasteiger partial charge in [-0.2, -0.15) is 5.26 Å². The van der Waals surface area contributed by atoms with Crippen molar-refractivity contribution in [3.63, 3.8) is 0 Å². The summed E-state index contributed by atoms with van der Waals surface area (Å²) in [6.07, 6.45) is 3.31. The fourth-order valence-electron chi connectivity index (χ4n) is 2.40. The van der Waals surface area contributed by atoms with Gasteiger partial charge in [0.15, 0.2) is 0 Å².